The van der Waals surface area contributed by atoms with E-state index in [9.17, 15) is 22.8 Å². The standard InChI is InChI=1S/C20H18ClF3N2O3/c21-17-3-1-13(11-16(17)20(22,23)24)2-4-18(27)25-15-5-8-26(9-6-15)19(28)14-7-10-29-12-14/h1-4,7,10-12,15H,5-6,8-9H2,(H,25,27)/b4-2+. The summed E-state index contributed by atoms with van der Waals surface area (Å²) in [7, 11) is 0. The van der Waals surface area contributed by atoms with E-state index < -0.39 is 22.7 Å². The molecule has 2 amide bonds. The predicted molar refractivity (Wildman–Crippen MR) is 101 cm³/mol. The smallest absolute Gasteiger partial charge is 0.417 e. The van der Waals surface area contributed by atoms with E-state index in [1.165, 1.54) is 30.7 Å². The van der Waals surface area contributed by atoms with Crippen LogP contribution in [-0.4, -0.2) is 35.8 Å². The minimum Gasteiger partial charge on any atom is -0.472 e. The monoisotopic (exact) mass is 426 g/mol. The Labute approximate surface area is 170 Å². The quantitative estimate of drug-likeness (QED) is 0.738. The third-order valence-corrected chi connectivity index (χ3v) is 4.95. The van der Waals surface area contributed by atoms with E-state index in [1.807, 2.05) is 0 Å². The van der Waals surface area contributed by atoms with E-state index in [-0.39, 0.29) is 17.5 Å². The summed E-state index contributed by atoms with van der Waals surface area (Å²) in [5.74, 6) is -0.528. The van der Waals surface area contributed by atoms with Crippen molar-refractivity contribution in [2.45, 2.75) is 25.1 Å². The minimum absolute atomic E-state index is 0.114. The first-order chi connectivity index (χ1) is 13.7. The van der Waals surface area contributed by atoms with Crippen LogP contribution in [0.1, 0.15) is 34.3 Å². The molecule has 9 heteroatoms. The van der Waals surface area contributed by atoms with Gasteiger partial charge in [0, 0.05) is 25.2 Å². The molecule has 1 saturated heterocycles. The van der Waals surface area contributed by atoms with Crippen LogP contribution in [0.2, 0.25) is 5.02 Å². The summed E-state index contributed by atoms with van der Waals surface area (Å²) < 4.78 is 43.6. The Hall–Kier alpha value is -2.74. The lowest BCUT2D eigenvalue weighted by atomic mass is 10.0. The molecular formula is C20H18ClF3N2O3. The van der Waals surface area contributed by atoms with E-state index in [2.05, 4.69) is 5.32 Å². The normalized spacial score (nSPS) is 15.7. The number of halogens is 4. The minimum atomic E-state index is -4.56. The van der Waals surface area contributed by atoms with Gasteiger partial charge in [-0.2, -0.15) is 13.2 Å². The summed E-state index contributed by atoms with van der Waals surface area (Å²) in [6.45, 7) is 0.982. The molecule has 0 saturated carbocycles. The van der Waals surface area contributed by atoms with E-state index in [0.29, 0.717) is 31.5 Å². The number of nitrogens with zero attached hydrogens (tertiary/aromatic N) is 1. The zero-order valence-electron chi connectivity index (χ0n) is 15.2. The largest absolute Gasteiger partial charge is 0.472 e. The maximum atomic E-state index is 12.9. The molecule has 0 atom stereocenters. The molecular weight excluding hydrogens is 409 g/mol. The molecule has 1 aliphatic heterocycles. The van der Waals surface area contributed by atoms with Crippen molar-refractivity contribution < 1.29 is 27.2 Å². The molecule has 0 aliphatic carbocycles. The molecule has 1 fully saturated rings. The van der Waals surface area contributed by atoms with Gasteiger partial charge in [0.1, 0.15) is 6.26 Å². The van der Waals surface area contributed by atoms with Crippen LogP contribution < -0.4 is 5.32 Å². The number of hydrogen-bond donors (Lipinski definition) is 1. The summed E-state index contributed by atoms with van der Waals surface area (Å²) in [6, 6.07) is 4.93. The van der Waals surface area contributed by atoms with Crippen molar-refractivity contribution in [1.29, 1.82) is 0 Å². The van der Waals surface area contributed by atoms with Gasteiger partial charge in [-0.1, -0.05) is 17.7 Å². The molecule has 2 heterocycles. The highest BCUT2D eigenvalue weighted by Gasteiger charge is 2.33. The van der Waals surface area contributed by atoms with Gasteiger partial charge in [-0.25, -0.2) is 0 Å². The van der Waals surface area contributed by atoms with Crippen molar-refractivity contribution in [2.75, 3.05) is 13.1 Å². The molecule has 1 aliphatic rings. The lowest BCUT2D eigenvalue weighted by molar-refractivity contribution is -0.137. The maximum absolute atomic E-state index is 12.9. The Balaban J connectivity index is 1.52. The zero-order valence-corrected chi connectivity index (χ0v) is 16.0. The Kier molecular flexibility index (Phi) is 6.32. The molecule has 5 nitrogen and oxygen atoms in total. The molecule has 154 valence electrons. The molecule has 29 heavy (non-hydrogen) atoms. The summed E-state index contributed by atoms with van der Waals surface area (Å²) in [4.78, 5) is 26.0. The Morgan fingerprint density at radius 2 is 1.93 bits per heavy atom. The second kappa shape index (κ2) is 8.73. The van der Waals surface area contributed by atoms with Gasteiger partial charge in [0.25, 0.3) is 5.91 Å². The van der Waals surface area contributed by atoms with Crippen molar-refractivity contribution in [1.82, 2.24) is 10.2 Å². The number of nitrogens with one attached hydrogen (secondary N) is 1. The van der Waals surface area contributed by atoms with E-state index in [4.69, 9.17) is 16.0 Å². The van der Waals surface area contributed by atoms with Crippen LogP contribution in [0, 0.1) is 0 Å². The van der Waals surface area contributed by atoms with E-state index >= 15 is 0 Å². The number of carbonyl (C=O) groups excluding carboxylic acids is 2. The first-order valence-electron chi connectivity index (χ1n) is 8.91. The van der Waals surface area contributed by atoms with Crippen LogP contribution in [0.3, 0.4) is 0 Å². The topological polar surface area (TPSA) is 62.6 Å². The van der Waals surface area contributed by atoms with Crippen molar-refractivity contribution >= 4 is 29.5 Å². The van der Waals surface area contributed by atoms with Gasteiger partial charge in [-0.15, -0.1) is 0 Å². The number of amides is 2. The number of furan rings is 1. The lowest BCUT2D eigenvalue weighted by Gasteiger charge is -2.32. The fraction of sp³-hybridized carbons (Fsp3) is 0.300. The Bertz CT molecular complexity index is 902. The Morgan fingerprint density at radius 1 is 1.21 bits per heavy atom. The maximum Gasteiger partial charge on any atom is 0.417 e. The highest BCUT2D eigenvalue weighted by atomic mass is 35.5. The number of piperidine rings is 1. The third kappa shape index (κ3) is 5.41. The highest BCUT2D eigenvalue weighted by molar-refractivity contribution is 6.31. The number of alkyl halides is 3. The number of carbonyl (C=O) groups is 2. The van der Waals surface area contributed by atoms with Crippen LogP contribution in [0.25, 0.3) is 6.08 Å². The summed E-state index contributed by atoms with van der Waals surface area (Å²) in [5.41, 5.74) is -0.245. The molecule has 0 unspecified atom stereocenters. The second-order valence-corrected chi connectivity index (χ2v) is 7.06. The fourth-order valence-corrected chi connectivity index (χ4v) is 3.31. The fourth-order valence-electron chi connectivity index (χ4n) is 3.08. The SMILES string of the molecule is O=C(/C=C/c1ccc(Cl)c(C(F)(F)F)c1)NC1CCN(C(=O)c2ccoc2)CC1. The van der Waals surface area contributed by atoms with Gasteiger partial charge in [0.2, 0.25) is 5.91 Å². The van der Waals surface area contributed by atoms with Crippen molar-refractivity contribution in [3.63, 3.8) is 0 Å². The Morgan fingerprint density at radius 3 is 2.55 bits per heavy atom. The predicted octanol–water partition coefficient (Wildman–Crippen LogP) is 4.39. The van der Waals surface area contributed by atoms with Gasteiger partial charge >= 0.3 is 6.18 Å². The van der Waals surface area contributed by atoms with E-state index in [0.717, 1.165) is 12.1 Å². The van der Waals surface area contributed by atoms with Crippen LogP contribution >= 0.6 is 11.6 Å². The molecule has 0 spiro atoms. The second-order valence-electron chi connectivity index (χ2n) is 6.66. The van der Waals surface area contributed by atoms with E-state index in [1.54, 1.807) is 11.0 Å². The number of likely N-dealkylation sites (tertiary alicyclic amines) is 1. The molecule has 3 rings (SSSR count). The van der Waals surface area contributed by atoms with Crippen molar-refractivity contribution in [3.05, 3.63) is 64.6 Å². The van der Waals surface area contributed by atoms with Crippen molar-refractivity contribution in [2.24, 2.45) is 0 Å². The van der Waals surface area contributed by atoms with Gasteiger partial charge in [-0.3, -0.25) is 9.59 Å². The van der Waals surface area contributed by atoms with Gasteiger partial charge in [0.05, 0.1) is 22.4 Å². The average Bonchev–Trinajstić information content (AvgIpc) is 3.21. The number of hydrogen-bond acceptors (Lipinski definition) is 3. The summed E-state index contributed by atoms with van der Waals surface area (Å²) >= 11 is 5.58. The van der Waals surface area contributed by atoms with Crippen LogP contribution in [0.15, 0.2) is 47.3 Å². The van der Waals surface area contributed by atoms with Crippen LogP contribution in [-0.2, 0) is 11.0 Å². The molecule has 1 N–H and O–H groups in total. The molecule has 1 aromatic carbocycles. The van der Waals surface area contributed by atoms with Crippen molar-refractivity contribution in [3.8, 4) is 0 Å². The third-order valence-electron chi connectivity index (χ3n) is 4.62. The first kappa shape index (κ1) is 21.0. The lowest BCUT2D eigenvalue weighted by Crippen LogP contribution is -2.46. The number of rotatable bonds is 4. The zero-order chi connectivity index (χ0) is 21.0. The molecule has 2 aromatic rings. The van der Waals surface area contributed by atoms with Gasteiger partial charge in [0.15, 0.2) is 0 Å². The summed E-state index contributed by atoms with van der Waals surface area (Å²) in [6.07, 6.45) is 1.92. The van der Waals surface area contributed by atoms with Gasteiger partial charge < -0.3 is 14.6 Å². The summed E-state index contributed by atoms with van der Waals surface area (Å²) in [5, 5.41) is 2.42. The van der Waals surface area contributed by atoms with Crippen LogP contribution in [0.5, 0.6) is 0 Å². The average molecular weight is 427 g/mol. The first-order valence-corrected chi connectivity index (χ1v) is 9.28. The molecule has 0 bridgehead atoms. The highest BCUT2D eigenvalue weighted by Crippen LogP contribution is 2.35. The van der Waals surface area contributed by atoms with Gasteiger partial charge in [-0.05, 0) is 42.7 Å². The molecule has 1 aromatic heterocycles. The van der Waals surface area contributed by atoms with Crippen LogP contribution in [0.4, 0.5) is 13.2 Å². The molecule has 0 radical (unpaired) electrons. The number of benzene rings is 1.